The van der Waals surface area contributed by atoms with Crippen LogP contribution in [0.2, 0.25) is 0 Å². The Morgan fingerprint density at radius 2 is 2.10 bits per heavy atom. The van der Waals surface area contributed by atoms with Crippen molar-refractivity contribution in [2.45, 2.75) is 0 Å². The molecule has 20 heavy (non-hydrogen) atoms. The third-order valence-electron chi connectivity index (χ3n) is 2.66. The van der Waals surface area contributed by atoms with Gasteiger partial charge in [0.15, 0.2) is 11.5 Å². The second-order valence-electron chi connectivity index (χ2n) is 4.02. The molecule has 0 aliphatic carbocycles. The molecular weight excluding hydrogens is 276 g/mol. The minimum Gasteiger partial charge on any atom is -0.506 e. The lowest BCUT2D eigenvalue weighted by atomic mass is 10.2. The molecule has 0 atom stereocenters. The van der Waals surface area contributed by atoms with Crippen LogP contribution in [0, 0.1) is 0 Å². The number of hydrogen-bond acceptors (Lipinski definition) is 5. The van der Waals surface area contributed by atoms with Crippen molar-refractivity contribution in [3.8, 4) is 16.4 Å². The lowest BCUT2D eigenvalue weighted by Gasteiger charge is -2.04. The second kappa shape index (κ2) is 5.18. The summed E-state index contributed by atoms with van der Waals surface area (Å²) in [5.41, 5.74) is 0.495. The summed E-state index contributed by atoms with van der Waals surface area (Å²) in [4.78, 5) is 12.9. The van der Waals surface area contributed by atoms with E-state index in [-0.39, 0.29) is 11.4 Å². The van der Waals surface area contributed by atoms with Gasteiger partial charge >= 0.3 is 0 Å². The standard InChI is InChI=1S/C14H10N2O3S/c17-11-5-2-1-4-9(11)15-14(18)10-8-12(19-16-10)13-6-3-7-20-13/h1-8,17H,(H,15,18). The third-order valence-corrected chi connectivity index (χ3v) is 3.54. The molecule has 5 nitrogen and oxygen atoms in total. The molecule has 3 aromatic rings. The van der Waals surface area contributed by atoms with E-state index in [1.807, 2.05) is 17.5 Å². The number of carbonyl (C=O) groups is 1. The highest BCUT2D eigenvalue weighted by atomic mass is 32.1. The normalized spacial score (nSPS) is 10.4. The van der Waals surface area contributed by atoms with Gasteiger partial charge in [-0.1, -0.05) is 23.4 Å². The molecule has 0 aliphatic rings. The van der Waals surface area contributed by atoms with Crippen LogP contribution in [-0.4, -0.2) is 16.2 Å². The number of benzene rings is 1. The van der Waals surface area contributed by atoms with Gasteiger partial charge in [-0.25, -0.2) is 0 Å². The predicted molar refractivity (Wildman–Crippen MR) is 75.9 cm³/mol. The summed E-state index contributed by atoms with van der Waals surface area (Å²) in [7, 11) is 0. The Morgan fingerprint density at radius 1 is 1.25 bits per heavy atom. The topological polar surface area (TPSA) is 75.4 Å². The molecule has 2 heterocycles. The van der Waals surface area contributed by atoms with E-state index in [1.54, 1.807) is 24.3 Å². The highest BCUT2D eigenvalue weighted by molar-refractivity contribution is 7.13. The zero-order valence-electron chi connectivity index (χ0n) is 10.2. The highest BCUT2D eigenvalue weighted by Crippen LogP contribution is 2.26. The number of rotatable bonds is 3. The van der Waals surface area contributed by atoms with Gasteiger partial charge in [0, 0.05) is 6.07 Å². The van der Waals surface area contributed by atoms with Crippen molar-refractivity contribution in [3.05, 3.63) is 53.5 Å². The minimum absolute atomic E-state index is 0.00262. The van der Waals surface area contributed by atoms with Crippen molar-refractivity contribution < 1.29 is 14.4 Å². The van der Waals surface area contributed by atoms with Gasteiger partial charge in [-0.3, -0.25) is 4.79 Å². The van der Waals surface area contributed by atoms with Crippen molar-refractivity contribution in [3.63, 3.8) is 0 Å². The molecule has 0 spiro atoms. The van der Waals surface area contributed by atoms with E-state index in [2.05, 4.69) is 10.5 Å². The Hall–Kier alpha value is -2.60. The monoisotopic (exact) mass is 286 g/mol. The Morgan fingerprint density at radius 3 is 2.85 bits per heavy atom. The van der Waals surface area contributed by atoms with Crippen molar-refractivity contribution in [2.75, 3.05) is 5.32 Å². The molecule has 1 aromatic carbocycles. The number of aromatic nitrogens is 1. The molecular formula is C14H10N2O3S. The molecule has 3 rings (SSSR count). The fourth-order valence-electron chi connectivity index (χ4n) is 1.68. The van der Waals surface area contributed by atoms with Crippen LogP contribution < -0.4 is 5.32 Å². The van der Waals surface area contributed by atoms with E-state index in [0.717, 1.165) is 4.88 Å². The van der Waals surface area contributed by atoms with Gasteiger partial charge in [0.25, 0.3) is 5.91 Å². The van der Waals surface area contributed by atoms with Gasteiger partial charge in [0.1, 0.15) is 5.75 Å². The van der Waals surface area contributed by atoms with Crippen LogP contribution in [0.1, 0.15) is 10.5 Å². The molecule has 6 heteroatoms. The number of amides is 1. The number of nitrogens with zero attached hydrogens (tertiary/aromatic N) is 1. The zero-order chi connectivity index (χ0) is 13.9. The van der Waals surface area contributed by atoms with Crippen LogP contribution in [-0.2, 0) is 0 Å². The summed E-state index contributed by atoms with van der Waals surface area (Å²) in [5, 5.41) is 17.8. The first-order valence-corrected chi connectivity index (χ1v) is 6.72. The maximum absolute atomic E-state index is 12.0. The van der Waals surface area contributed by atoms with E-state index in [4.69, 9.17) is 4.52 Å². The van der Waals surface area contributed by atoms with E-state index in [0.29, 0.717) is 11.4 Å². The number of aromatic hydroxyl groups is 1. The Balaban J connectivity index is 1.80. The van der Waals surface area contributed by atoms with E-state index >= 15 is 0 Å². The Bertz CT molecular complexity index is 734. The maximum atomic E-state index is 12.0. The number of anilines is 1. The molecule has 0 unspecified atom stereocenters. The number of phenols is 1. The Kier molecular flexibility index (Phi) is 3.22. The van der Waals surface area contributed by atoms with Gasteiger partial charge in [0.2, 0.25) is 0 Å². The summed E-state index contributed by atoms with van der Waals surface area (Å²) in [6.45, 7) is 0. The lowest BCUT2D eigenvalue weighted by Crippen LogP contribution is -2.12. The molecule has 0 saturated heterocycles. The minimum atomic E-state index is -0.432. The summed E-state index contributed by atoms with van der Waals surface area (Å²) in [6.07, 6.45) is 0. The number of nitrogens with one attached hydrogen (secondary N) is 1. The van der Waals surface area contributed by atoms with Crippen molar-refractivity contribution >= 4 is 22.9 Å². The van der Waals surface area contributed by atoms with Crippen LogP contribution in [0.15, 0.2) is 52.4 Å². The smallest absolute Gasteiger partial charge is 0.277 e. The number of hydrogen-bond donors (Lipinski definition) is 2. The SMILES string of the molecule is O=C(Nc1ccccc1O)c1cc(-c2cccs2)on1. The van der Waals surface area contributed by atoms with Gasteiger partial charge in [-0.15, -0.1) is 11.3 Å². The molecule has 0 fully saturated rings. The lowest BCUT2D eigenvalue weighted by molar-refractivity contribution is 0.101. The van der Waals surface area contributed by atoms with Gasteiger partial charge in [-0.2, -0.15) is 0 Å². The first kappa shape index (κ1) is 12.4. The summed E-state index contributed by atoms with van der Waals surface area (Å²) < 4.78 is 5.14. The first-order valence-electron chi connectivity index (χ1n) is 5.84. The second-order valence-corrected chi connectivity index (χ2v) is 4.97. The molecule has 0 aliphatic heterocycles. The van der Waals surface area contributed by atoms with Gasteiger partial charge in [0.05, 0.1) is 10.6 Å². The van der Waals surface area contributed by atoms with Crippen molar-refractivity contribution in [1.82, 2.24) is 5.16 Å². The number of para-hydroxylation sites is 2. The highest BCUT2D eigenvalue weighted by Gasteiger charge is 2.15. The van der Waals surface area contributed by atoms with Crippen LogP contribution in [0.3, 0.4) is 0 Å². The van der Waals surface area contributed by atoms with Crippen molar-refractivity contribution in [2.24, 2.45) is 0 Å². The first-order chi connectivity index (χ1) is 9.74. The zero-order valence-corrected chi connectivity index (χ0v) is 11.1. The van der Waals surface area contributed by atoms with Gasteiger partial charge < -0.3 is 14.9 Å². The quantitative estimate of drug-likeness (QED) is 0.724. The van der Waals surface area contributed by atoms with Crippen LogP contribution in [0.4, 0.5) is 5.69 Å². The average molecular weight is 286 g/mol. The maximum Gasteiger partial charge on any atom is 0.277 e. The Labute approximate surface area is 118 Å². The average Bonchev–Trinajstić information content (AvgIpc) is 3.11. The van der Waals surface area contributed by atoms with E-state index in [9.17, 15) is 9.90 Å². The summed E-state index contributed by atoms with van der Waals surface area (Å²) in [6, 6.07) is 11.8. The molecule has 0 saturated carbocycles. The molecule has 0 bridgehead atoms. The van der Waals surface area contributed by atoms with Crippen molar-refractivity contribution in [1.29, 1.82) is 0 Å². The third kappa shape index (κ3) is 2.41. The number of thiophene rings is 1. The van der Waals surface area contributed by atoms with E-state index in [1.165, 1.54) is 17.4 Å². The fourth-order valence-corrected chi connectivity index (χ4v) is 2.36. The predicted octanol–water partition coefficient (Wildman–Crippen LogP) is 3.36. The molecule has 2 N–H and O–H groups in total. The summed E-state index contributed by atoms with van der Waals surface area (Å²) in [5.74, 6) is 0.114. The van der Waals surface area contributed by atoms with Gasteiger partial charge in [-0.05, 0) is 23.6 Å². The molecule has 1 amide bonds. The number of carbonyl (C=O) groups excluding carboxylic acids is 1. The number of phenolic OH excluding ortho intramolecular Hbond substituents is 1. The van der Waals surface area contributed by atoms with Crippen LogP contribution in [0.25, 0.3) is 10.6 Å². The largest absolute Gasteiger partial charge is 0.506 e. The molecule has 100 valence electrons. The van der Waals surface area contributed by atoms with Crippen LogP contribution >= 0.6 is 11.3 Å². The summed E-state index contributed by atoms with van der Waals surface area (Å²) >= 11 is 1.50. The fraction of sp³-hybridized carbons (Fsp3) is 0. The molecule has 2 aromatic heterocycles. The van der Waals surface area contributed by atoms with E-state index < -0.39 is 5.91 Å². The van der Waals surface area contributed by atoms with Crippen LogP contribution in [0.5, 0.6) is 5.75 Å². The molecule has 0 radical (unpaired) electrons.